The monoisotopic (exact) mass is 575 g/mol. The molecule has 2 aliphatic heterocycles. The lowest BCUT2D eigenvalue weighted by Gasteiger charge is -2.30. The molecule has 3 aromatic carbocycles. The van der Waals surface area contributed by atoms with Crippen molar-refractivity contribution in [1.29, 1.82) is 0 Å². The van der Waals surface area contributed by atoms with Crippen LogP contribution in [0.15, 0.2) is 30.3 Å². The predicted molar refractivity (Wildman–Crippen MR) is 159 cm³/mol. The number of aryl methyl sites for hydroxylation is 2. The second-order valence-electron chi connectivity index (χ2n) is 12.1. The van der Waals surface area contributed by atoms with Gasteiger partial charge in [-0.1, -0.05) is 6.07 Å². The third kappa shape index (κ3) is 5.24. The zero-order chi connectivity index (χ0) is 30.5. The third-order valence-corrected chi connectivity index (χ3v) is 8.10. The summed E-state index contributed by atoms with van der Waals surface area (Å²) in [7, 11) is 1.57. The number of rotatable bonds is 6. The van der Waals surface area contributed by atoms with Gasteiger partial charge in [0.05, 0.1) is 19.3 Å². The lowest BCUT2D eigenvalue weighted by molar-refractivity contribution is -0.160. The van der Waals surface area contributed by atoms with E-state index in [0.29, 0.717) is 65.2 Å². The molecule has 0 saturated heterocycles. The molecular weight excluding hydrogens is 537 g/mol. The van der Waals surface area contributed by atoms with Gasteiger partial charge >= 0.3 is 5.97 Å². The van der Waals surface area contributed by atoms with E-state index >= 15 is 4.39 Å². The van der Waals surface area contributed by atoms with Crippen LogP contribution in [-0.2, 0) is 22.4 Å². The van der Waals surface area contributed by atoms with Crippen LogP contribution in [0.25, 0.3) is 11.1 Å². The maximum atomic E-state index is 15.6. The number of ether oxygens (including phenoxy) is 3. The Bertz CT molecular complexity index is 1590. The van der Waals surface area contributed by atoms with Gasteiger partial charge in [-0.2, -0.15) is 0 Å². The zero-order valence-electron chi connectivity index (χ0n) is 25.3. The van der Waals surface area contributed by atoms with Crippen molar-refractivity contribution in [1.82, 2.24) is 0 Å². The molecule has 0 radical (unpaired) electrons. The quantitative estimate of drug-likeness (QED) is 0.344. The smallest absolute Gasteiger partial charge is 0.337 e. The highest BCUT2D eigenvalue weighted by molar-refractivity contribution is 6.08. The number of fused-ring (bicyclic) bond motifs is 2. The van der Waals surface area contributed by atoms with Gasteiger partial charge in [0.25, 0.3) is 5.91 Å². The highest BCUT2D eigenvalue weighted by Gasteiger charge is 2.37. The van der Waals surface area contributed by atoms with Crippen molar-refractivity contribution >= 4 is 17.6 Å². The van der Waals surface area contributed by atoms with E-state index in [2.05, 4.69) is 0 Å². The summed E-state index contributed by atoms with van der Waals surface area (Å²) in [6.45, 7) is 11.9. The van der Waals surface area contributed by atoms with Gasteiger partial charge in [-0.05, 0) is 118 Å². The van der Waals surface area contributed by atoms with Crippen molar-refractivity contribution in [3.63, 3.8) is 0 Å². The normalized spacial score (nSPS) is 15.1. The van der Waals surface area contributed by atoms with Gasteiger partial charge in [-0.3, -0.25) is 4.79 Å². The minimum absolute atomic E-state index is 0.187. The number of aliphatic carboxylic acids is 1. The molecule has 1 amide bonds. The van der Waals surface area contributed by atoms with E-state index in [1.54, 1.807) is 24.1 Å². The van der Waals surface area contributed by atoms with Gasteiger partial charge in [0.15, 0.2) is 17.7 Å². The summed E-state index contributed by atoms with van der Waals surface area (Å²) in [6, 6.07) is 8.67. The Labute approximate surface area is 246 Å². The molecule has 5 rings (SSSR count). The summed E-state index contributed by atoms with van der Waals surface area (Å²) in [4.78, 5) is 28.3. The lowest BCUT2D eigenvalue weighted by Crippen LogP contribution is -2.29. The molecule has 42 heavy (non-hydrogen) atoms. The Hall–Kier alpha value is -3.91. The topological polar surface area (TPSA) is 85.3 Å². The summed E-state index contributed by atoms with van der Waals surface area (Å²) in [5.74, 6) is -0.913. The molecule has 0 aromatic heterocycles. The molecule has 0 aliphatic carbocycles. The largest absolute Gasteiger partial charge is 0.496 e. The Kier molecular flexibility index (Phi) is 7.79. The maximum Gasteiger partial charge on any atom is 0.337 e. The van der Waals surface area contributed by atoms with Crippen molar-refractivity contribution in [2.75, 3.05) is 25.2 Å². The molecule has 0 saturated carbocycles. The molecule has 0 fully saturated rings. The van der Waals surface area contributed by atoms with Gasteiger partial charge in [0.2, 0.25) is 0 Å². The van der Waals surface area contributed by atoms with Crippen LogP contribution in [0.5, 0.6) is 11.5 Å². The van der Waals surface area contributed by atoms with Gasteiger partial charge < -0.3 is 24.2 Å². The molecule has 1 unspecified atom stereocenters. The minimum Gasteiger partial charge on any atom is -0.496 e. The fraction of sp³-hybridized carbons (Fsp3) is 0.412. The molecule has 1 atom stereocenters. The highest BCUT2D eigenvalue weighted by Crippen LogP contribution is 2.48. The van der Waals surface area contributed by atoms with Gasteiger partial charge in [0, 0.05) is 28.9 Å². The van der Waals surface area contributed by atoms with E-state index in [1.165, 1.54) is 6.07 Å². The zero-order valence-corrected chi connectivity index (χ0v) is 25.3. The summed E-state index contributed by atoms with van der Waals surface area (Å²) in [6.07, 6.45) is 0.605. The summed E-state index contributed by atoms with van der Waals surface area (Å²) in [5.41, 5.74) is 6.10. The van der Waals surface area contributed by atoms with Crippen LogP contribution in [0.3, 0.4) is 0 Å². The Morgan fingerprint density at radius 1 is 1.05 bits per heavy atom. The molecule has 7 nitrogen and oxygen atoms in total. The number of benzene rings is 3. The van der Waals surface area contributed by atoms with Crippen molar-refractivity contribution in [2.24, 2.45) is 0 Å². The van der Waals surface area contributed by atoms with Crippen LogP contribution in [0.1, 0.15) is 77.0 Å². The number of methoxy groups -OCH3 is 1. The van der Waals surface area contributed by atoms with Gasteiger partial charge in [-0.25, -0.2) is 9.18 Å². The van der Waals surface area contributed by atoms with E-state index in [0.717, 1.165) is 28.7 Å². The van der Waals surface area contributed by atoms with E-state index in [-0.39, 0.29) is 11.7 Å². The number of amides is 1. The Morgan fingerprint density at radius 2 is 1.79 bits per heavy atom. The molecule has 2 aliphatic rings. The standard InChI is InChI=1S/C34H38FNO6/c1-18-10-11-21(16-27(18)40-7)32(37)36-13-12-23-26(36)15-19(2)28(31(33(38)39)42-34(4,5)6)29(23)24-17-25(35)30-22(20(24)3)9-8-14-41-30/h10-11,15-17,31H,8-9,12-14H2,1-7H3,(H,38,39). The second-order valence-corrected chi connectivity index (χ2v) is 12.1. The molecule has 2 heterocycles. The Balaban J connectivity index is 1.76. The molecular formula is C34H38FNO6. The van der Waals surface area contributed by atoms with Crippen LogP contribution < -0.4 is 14.4 Å². The van der Waals surface area contributed by atoms with E-state index < -0.39 is 23.5 Å². The van der Waals surface area contributed by atoms with E-state index in [9.17, 15) is 14.7 Å². The summed E-state index contributed by atoms with van der Waals surface area (Å²) in [5, 5.41) is 10.4. The fourth-order valence-corrected chi connectivity index (χ4v) is 6.16. The molecule has 8 heteroatoms. The van der Waals surface area contributed by atoms with Crippen molar-refractivity contribution in [3.8, 4) is 22.6 Å². The van der Waals surface area contributed by atoms with Crippen LogP contribution in [0.4, 0.5) is 10.1 Å². The number of halogens is 1. The first kappa shape index (κ1) is 29.6. The average Bonchev–Trinajstić information content (AvgIpc) is 3.36. The first-order valence-corrected chi connectivity index (χ1v) is 14.3. The second kappa shape index (κ2) is 11.1. The lowest BCUT2D eigenvalue weighted by atomic mass is 9.83. The number of carbonyl (C=O) groups is 2. The van der Waals surface area contributed by atoms with E-state index in [4.69, 9.17) is 14.2 Å². The number of hydrogen-bond acceptors (Lipinski definition) is 5. The highest BCUT2D eigenvalue weighted by atomic mass is 19.1. The number of hydrogen-bond donors (Lipinski definition) is 1. The van der Waals surface area contributed by atoms with E-state index in [1.807, 2.05) is 53.7 Å². The third-order valence-electron chi connectivity index (χ3n) is 8.10. The first-order valence-electron chi connectivity index (χ1n) is 14.3. The van der Waals surface area contributed by atoms with Gasteiger partial charge in [-0.15, -0.1) is 0 Å². The maximum absolute atomic E-state index is 15.6. The number of carbonyl (C=O) groups excluding carboxylic acids is 1. The predicted octanol–water partition coefficient (Wildman–Crippen LogP) is 6.90. The summed E-state index contributed by atoms with van der Waals surface area (Å²) >= 11 is 0. The number of carboxylic acids is 1. The SMILES string of the molecule is COc1cc(C(=O)N2CCc3c2cc(C)c(C(OC(C)(C)C)C(=O)O)c3-c2cc(F)c3c(c2C)CCCO3)ccc1C. The van der Waals surface area contributed by atoms with Crippen molar-refractivity contribution in [2.45, 2.75) is 72.5 Å². The first-order chi connectivity index (χ1) is 19.8. The fourth-order valence-electron chi connectivity index (χ4n) is 6.16. The average molecular weight is 576 g/mol. The molecule has 3 aromatic rings. The summed E-state index contributed by atoms with van der Waals surface area (Å²) < 4.78 is 32.9. The number of carboxylic acid groups (broad SMARTS) is 1. The van der Waals surface area contributed by atoms with Crippen LogP contribution >= 0.6 is 0 Å². The molecule has 222 valence electrons. The van der Waals surface area contributed by atoms with Crippen LogP contribution in [-0.4, -0.2) is 42.8 Å². The number of nitrogens with zero attached hydrogens (tertiary/aromatic N) is 1. The van der Waals surface area contributed by atoms with Crippen LogP contribution in [0, 0.1) is 26.6 Å². The van der Waals surface area contributed by atoms with Crippen LogP contribution in [0.2, 0.25) is 0 Å². The van der Waals surface area contributed by atoms with Crippen molar-refractivity contribution < 1.29 is 33.3 Å². The molecule has 0 spiro atoms. The van der Waals surface area contributed by atoms with Gasteiger partial charge in [0.1, 0.15) is 5.75 Å². The molecule has 0 bridgehead atoms. The molecule has 1 N–H and O–H groups in total. The number of anilines is 1. The van der Waals surface area contributed by atoms with Crippen molar-refractivity contribution in [3.05, 3.63) is 75.1 Å². The minimum atomic E-state index is -1.30. The Morgan fingerprint density at radius 3 is 2.45 bits per heavy atom.